The zero-order valence-corrected chi connectivity index (χ0v) is 12.9. The molecule has 2 heteroatoms. The van der Waals surface area contributed by atoms with Gasteiger partial charge in [0.15, 0.2) is 0 Å². The fourth-order valence-electron chi connectivity index (χ4n) is 2.78. The van der Waals surface area contributed by atoms with Gasteiger partial charge in [-0.25, -0.2) is 0 Å². The van der Waals surface area contributed by atoms with Gasteiger partial charge in [0.25, 0.3) is 0 Å². The fraction of sp³-hybridized carbons (Fsp3) is 1.00. The summed E-state index contributed by atoms with van der Waals surface area (Å²) in [6.45, 7) is 11.9. The van der Waals surface area contributed by atoms with Crippen LogP contribution in [0.5, 0.6) is 0 Å². The van der Waals surface area contributed by atoms with Crippen molar-refractivity contribution in [3.8, 4) is 0 Å². The van der Waals surface area contributed by atoms with E-state index in [-0.39, 0.29) is 0 Å². The Morgan fingerprint density at radius 2 is 1.72 bits per heavy atom. The van der Waals surface area contributed by atoms with Crippen LogP contribution in [0.3, 0.4) is 0 Å². The van der Waals surface area contributed by atoms with Crippen LogP contribution in [0.25, 0.3) is 0 Å². The normalized spacial score (nSPS) is 21.7. The van der Waals surface area contributed by atoms with E-state index in [1.54, 1.807) is 0 Å². The molecule has 0 spiro atoms. The summed E-state index contributed by atoms with van der Waals surface area (Å²) in [4.78, 5) is 2.66. The maximum Gasteiger partial charge on any atom is 0.0218 e. The largest absolute Gasteiger partial charge is 0.311 e. The average Bonchev–Trinajstić information content (AvgIpc) is 2.38. The van der Waals surface area contributed by atoms with Gasteiger partial charge in [-0.15, -0.1) is 0 Å². The maximum absolute atomic E-state index is 3.63. The molecule has 18 heavy (non-hydrogen) atoms. The molecule has 1 unspecified atom stereocenters. The number of nitrogens with one attached hydrogen (secondary N) is 1. The first kappa shape index (κ1) is 16.0. The molecular weight excluding hydrogens is 220 g/mol. The van der Waals surface area contributed by atoms with Crippen LogP contribution in [0.2, 0.25) is 0 Å². The Morgan fingerprint density at radius 3 is 2.39 bits per heavy atom. The van der Waals surface area contributed by atoms with E-state index in [0.717, 1.165) is 5.92 Å². The van der Waals surface area contributed by atoms with Gasteiger partial charge in [-0.1, -0.05) is 59.3 Å². The van der Waals surface area contributed by atoms with Crippen molar-refractivity contribution in [2.45, 2.75) is 71.8 Å². The van der Waals surface area contributed by atoms with E-state index in [1.165, 1.54) is 71.1 Å². The quantitative estimate of drug-likeness (QED) is 0.632. The predicted octanol–water partition coefficient (Wildman–Crippen LogP) is 3.67. The lowest BCUT2D eigenvalue weighted by atomic mass is 10.0. The van der Waals surface area contributed by atoms with Crippen LogP contribution >= 0.6 is 0 Å². The molecule has 1 fully saturated rings. The van der Waals surface area contributed by atoms with Gasteiger partial charge in [0, 0.05) is 25.7 Å². The second-order valence-electron chi connectivity index (χ2n) is 6.23. The van der Waals surface area contributed by atoms with Gasteiger partial charge in [-0.05, 0) is 18.9 Å². The third-order valence-corrected chi connectivity index (χ3v) is 4.17. The average molecular weight is 254 g/mol. The molecule has 1 rings (SSSR count). The SMILES string of the molecule is CCCCCCCCCN1CCNC(C(C)C)C1. The number of hydrogen-bond donors (Lipinski definition) is 1. The second kappa shape index (κ2) is 9.80. The molecule has 1 N–H and O–H groups in total. The molecule has 1 atom stereocenters. The Bertz CT molecular complexity index is 192. The lowest BCUT2D eigenvalue weighted by Gasteiger charge is -2.35. The molecule has 2 nitrogen and oxygen atoms in total. The summed E-state index contributed by atoms with van der Waals surface area (Å²) in [5, 5.41) is 3.63. The summed E-state index contributed by atoms with van der Waals surface area (Å²) in [5.41, 5.74) is 0. The maximum atomic E-state index is 3.63. The molecule has 0 aliphatic carbocycles. The second-order valence-corrected chi connectivity index (χ2v) is 6.23. The summed E-state index contributed by atoms with van der Waals surface area (Å²) >= 11 is 0. The van der Waals surface area contributed by atoms with Gasteiger partial charge in [-0.2, -0.15) is 0 Å². The Morgan fingerprint density at radius 1 is 1.06 bits per heavy atom. The van der Waals surface area contributed by atoms with Crippen LogP contribution in [-0.2, 0) is 0 Å². The number of hydrogen-bond acceptors (Lipinski definition) is 2. The Kier molecular flexibility index (Phi) is 8.70. The summed E-state index contributed by atoms with van der Waals surface area (Å²) in [6, 6.07) is 0.711. The Hall–Kier alpha value is -0.0800. The molecule has 0 bridgehead atoms. The highest BCUT2D eigenvalue weighted by molar-refractivity contribution is 4.80. The topological polar surface area (TPSA) is 15.3 Å². The molecule has 0 saturated carbocycles. The van der Waals surface area contributed by atoms with E-state index < -0.39 is 0 Å². The van der Waals surface area contributed by atoms with Crippen molar-refractivity contribution < 1.29 is 0 Å². The van der Waals surface area contributed by atoms with E-state index >= 15 is 0 Å². The number of nitrogens with zero attached hydrogens (tertiary/aromatic N) is 1. The third kappa shape index (κ3) is 6.75. The molecule has 108 valence electrons. The van der Waals surface area contributed by atoms with Gasteiger partial charge >= 0.3 is 0 Å². The first-order chi connectivity index (χ1) is 8.74. The number of piperazine rings is 1. The molecule has 0 aromatic carbocycles. The van der Waals surface area contributed by atoms with E-state index in [2.05, 4.69) is 31.0 Å². The Labute approximate surface area is 115 Å². The lowest BCUT2D eigenvalue weighted by Crippen LogP contribution is -2.52. The molecule has 1 aliphatic heterocycles. The summed E-state index contributed by atoms with van der Waals surface area (Å²) in [5.74, 6) is 0.766. The van der Waals surface area contributed by atoms with Crippen LogP contribution < -0.4 is 5.32 Å². The van der Waals surface area contributed by atoms with Crippen molar-refractivity contribution >= 4 is 0 Å². The van der Waals surface area contributed by atoms with Crippen molar-refractivity contribution in [1.82, 2.24) is 10.2 Å². The highest BCUT2D eigenvalue weighted by Crippen LogP contribution is 2.11. The molecule has 1 heterocycles. The summed E-state index contributed by atoms with van der Waals surface area (Å²) in [7, 11) is 0. The smallest absolute Gasteiger partial charge is 0.0218 e. The molecule has 0 amide bonds. The minimum atomic E-state index is 0.711. The number of rotatable bonds is 9. The summed E-state index contributed by atoms with van der Waals surface area (Å²) < 4.78 is 0. The molecular formula is C16H34N2. The van der Waals surface area contributed by atoms with Crippen molar-refractivity contribution in [1.29, 1.82) is 0 Å². The first-order valence-electron chi connectivity index (χ1n) is 8.19. The summed E-state index contributed by atoms with van der Waals surface area (Å²) in [6.07, 6.45) is 9.95. The molecule has 0 aromatic heterocycles. The van der Waals surface area contributed by atoms with Crippen LogP contribution in [0.1, 0.15) is 65.7 Å². The van der Waals surface area contributed by atoms with Crippen molar-refractivity contribution in [3.63, 3.8) is 0 Å². The van der Waals surface area contributed by atoms with Gasteiger partial charge < -0.3 is 10.2 Å². The van der Waals surface area contributed by atoms with Crippen molar-refractivity contribution in [2.75, 3.05) is 26.2 Å². The van der Waals surface area contributed by atoms with E-state index in [0.29, 0.717) is 6.04 Å². The zero-order chi connectivity index (χ0) is 13.2. The molecule has 0 radical (unpaired) electrons. The van der Waals surface area contributed by atoms with Crippen molar-refractivity contribution in [3.05, 3.63) is 0 Å². The monoisotopic (exact) mass is 254 g/mol. The highest BCUT2D eigenvalue weighted by atomic mass is 15.2. The van der Waals surface area contributed by atoms with Crippen LogP contribution in [-0.4, -0.2) is 37.1 Å². The fourth-order valence-corrected chi connectivity index (χ4v) is 2.78. The Balaban J connectivity index is 1.98. The minimum Gasteiger partial charge on any atom is -0.311 e. The highest BCUT2D eigenvalue weighted by Gasteiger charge is 2.20. The van der Waals surface area contributed by atoms with Gasteiger partial charge in [0.1, 0.15) is 0 Å². The first-order valence-corrected chi connectivity index (χ1v) is 8.19. The van der Waals surface area contributed by atoms with Gasteiger partial charge in [-0.3, -0.25) is 0 Å². The van der Waals surface area contributed by atoms with E-state index in [4.69, 9.17) is 0 Å². The van der Waals surface area contributed by atoms with Gasteiger partial charge in [0.2, 0.25) is 0 Å². The van der Waals surface area contributed by atoms with Crippen LogP contribution in [0, 0.1) is 5.92 Å². The molecule has 0 aromatic rings. The lowest BCUT2D eigenvalue weighted by molar-refractivity contribution is 0.172. The molecule has 1 aliphatic rings. The van der Waals surface area contributed by atoms with Crippen molar-refractivity contribution in [2.24, 2.45) is 5.92 Å². The zero-order valence-electron chi connectivity index (χ0n) is 12.9. The predicted molar refractivity (Wildman–Crippen MR) is 81.1 cm³/mol. The van der Waals surface area contributed by atoms with E-state index in [9.17, 15) is 0 Å². The van der Waals surface area contributed by atoms with E-state index in [1.807, 2.05) is 0 Å². The minimum absolute atomic E-state index is 0.711. The van der Waals surface area contributed by atoms with Crippen LogP contribution in [0.15, 0.2) is 0 Å². The van der Waals surface area contributed by atoms with Crippen LogP contribution in [0.4, 0.5) is 0 Å². The third-order valence-electron chi connectivity index (χ3n) is 4.17. The molecule has 1 saturated heterocycles. The standard InChI is InChI=1S/C16H34N2/c1-4-5-6-7-8-9-10-12-18-13-11-17-16(14-18)15(2)3/h15-17H,4-14H2,1-3H3. The number of unbranched alkanes of at least 4 members (excludes halogenated alkanes) is 6. The van der Waals surface area contributed by atoms with Gasteiger partial charge in [0.05, 0.1) is 0 Å².